The number of amidine groups is 1. The SMILES string of the molecule is CS(=O)(=O)c1ccc(CN=C(N)C2CC2)cc1. The van der Waals surface area contributed by atoms with Crippen molar-refractivity contribution in [3.05, 3.63) is 29.8 Å². The molecule has 2 N–H and O–H groups in total. The Morgan fingerprint density at radius 2 is 1.94 bits per heavy atom. The van der Waals surface area contributed by atoms with Gasteiger partial charge in [-0.05, 0) is 30.5 Å². The van der Waals surface area contributed by atoms with Crippen LogP contribution < -0.4 is 5.73 Å². The molecule has 0 radical (unpaired) electrons. The summed E-state index contributed by atoms with van der Waals surface area (Å²) in [5.41, 5.74) is 6.75. The van der Waals surface area contributed by atoms with Gasteiger partial charge in [0.15, 0.2) is 9.84 Å². The molecule has 1 aromatic rings. The monoisotopic (exact) mass is 252 g/mol. The smallest absolute Gasteiger partial charge is 0.175 e. The van der Waals surface area contributed by atoms with Crippen LogP contribution in [0.25, 0.3) is 0 Å². The lowest BCUT2D eigenvalue weighted by atomic mass is 10.2. The molecule has 1 aliphatic carbocycles. The minimum Gasteiger partial charge on any atom is -0.387 e. The van der Waals surface area contributed by atoms with Gasteiger partial charge < -0.3 is 5.73 Å². The Morgan fingerprint density at radius 1 is 1.35 bits per heavy atom. The zero-order chi connectivity index (χ0) is 12.5. The first-order chi connectivity index (χ1) is 7.97. The molecule has 0 amide bonds. The van der Waals surface area contributed by atoms with Crippen LogP contribution in [-0.4, -0.2) is 20.5 Å². The van der Waals surface area contributed by atoms with Crippen molar-refractivity contribution in [2.75, 3.05) is 6.26 Å². The van der Waals surface area contributed by atoms with Crippen LogP contribution in [-0.2, 0) is 16.4 Å². The van der Waals surface area contributed by atoms with Gasteiger partial charge in [-0.1, -0.05) is 12.1 Å². The summed E-state index contributed by atoms with van der Waals surface area (Å²) >= 11 is 0. The van der Waals surface area contributed by atoms with E-state index in [-0.39, 0.29) is 0 Å². The Morgan fingerprint density at radius 3 is 2.41 bits per heavy atom. The second kappa shape index (κ2) is 4.49. The molecule has 0 atom stereocenters. The summed E-state index contributed by atoms with van der Waals surface area (Å²) in [6, 6.07) is 6.77. The number of nitrogens with two attached hydrogens (primary N) is 1. The van der Waals surface area contributed by atoms with Gasteiger partial charge in [0, 0.05) is 12.2 Å². The Bertz CT molecular complexity index is 528. The Balaban J connectivity index is 2.05. The Kier molecular flexibility index (Phi) is 3.19. The molecule has 1 saturated carbocycles. The Labute approximate surface area is 101 Å². The van der Waals surface area contributed by atoms with Crippen LogP contribution in [0.5, 0.6) is 0 Å². The number of hydrogen-bond acceptors (Lipinski definition) is 3. The number of aliphatic imine (C=N–C) groups is 1. The minimum atomic E-state index is -3.11. The summed E-state index contributed by atoms with van der Waals surface area (Å²) in [5, 5.41) is 0. The molecule has 0 spiro atoms. The van der Waals surface area contributed by atoms with Crippen molar-refractivity contribution < 1.29 is 8.42 Å². The van der Waals surface area contributed by atoms with Crippen LogP contribution in [0.2, 0.25) is 0 Å². The summed E-state index contributed by atoms with van der Waals surface area (Å²) in [7, 11) is -3.11. The molecule has 2 rings (SSSR count). The van der Waals surface area contributed by atoms with Gasteiger partial charge in [0.05, 0.1) is 17.3 Å². The zero-order valence-electron chi connectivity index (χ0n) is 9.76. The first-order valence-electron chi connectivity index (χ1n) is 5.55. The van der Waals surface area contributed by atoms with E-state index in [9.17, 15) is 8.42 Å². The highest BCUT2D eigenvalue weighted by Gasteiger charge is 2.25. The molecule has 0 heterocycles. The van der Waals surface area contributed by atoms with E-state index in [2.05, 4.69) is 4.99 Å². The van der Waals surface area contributed by atoms with Crippen molar-refractivity contribution in [3.63, 3.8) is 0 Å². The van der Waals surface area contributed by atoms with Gasteiger partial charge in [0.25, 0.3) is 0 Å². The number of hydrogen-bond donors (Lipinski definition) is 1. The zero-order valence-corrected chi connectivity index (χ0v) is 10.6. The molecular weight excluding hydrogens is 236 g/mol. The Hall–Kier alpha value is -1.36. The summed E-state index contributed by atoms with van der Waals surface area (Å²) < 4.78 is 22.5. The normalized spacial score (nSPS) is 17.1. The molecule has 0 unspecified atom stereocenters. The number of sulfone groups is 1. The fourth-order valence-corrected chi connectivity index (χ4v) is 2.16. The average molecular weight is 252 g/mol. The molecule has 17 heavy (non-hydrogen) atoms. The number of benzene rings is 1. The summed E-state index contributed by atoms with van der Waals surface area (Å²) in [6.45, 7) is 0.520. The highest BCUT2D eigenvalue weighted by atomic mass is 32.2. The molecule has 0 bridgehead atoms. The van der Waals surface area contributed by atoms with E-state index in [1.165, 1.54) is 6.26 Å². The molecule has 4 nitrogen and oxygen atoms in total. The lowest BCUT2D eigenvalue weighted by Gasteiger charge is -2.01. The largest absolute Gasteiger partial charge is 0.387 e. The van der Waals surface area contributed by atoms with E-state index in [0.29, 0.717) is 17.4 Å². The molecule has 1 aromatic carbocycles. The summed E-state index contributed by atoms with van der Waals surface area (Å²) in [6.07, 6.45) is 3.48. The van der Waals surface area contributed by atoms with Crippen LogP contribution >= 0.6 is 0 Å². The van der Waals surface area contributed by atoms with E-state index in [1.54, 1.807) is 24.3 Å². The van der Waals surface area contributed by atoms with Gasteiger partial charge in [-0.25, -0.2) is 8.42 Å². The topological polar surface area (TPSA) is 72.5 Å². The quantitative estimate of drug-likeness (QED) is 0.649. The predicted octanol–water partition coefficient (Wildman–Crippen LogP) is 1.36. The highest BCUT2D eigenvalue weighted by Crippen LogP contribution is 2.28. The molecule has 1 aliphatic rings. The van der Waals surface area contributed by atoms with Crippen molar-refractivity contribution in [1.29, 1.82) is 0 Å². The van der Waals surface area contributed by atoms with Gasteiger partial charge in [-0.2, -0.15) is 0 Å². The molecule has 1 fully saturated rings. The third-order valence-corrected chi connectivity index (χ3v) is 3.92. The number of rotatable bonds is 4. The maximum Gasteiger partial charge on any atom is 0.175 e. The third kappa shape index (κ3) is 3.30. The maximum atomic E-state index is 11.3. The van der Waals surface area contributed by atoms with Gasteiger partial charge in [0.2, 0.25) is 0 Å². The van der Waals surface area contributed by atoms with Crippen molar-refractivity contribution >= 4 is 15.7 Å². The molecule has 5 heteroatoms. The van der Waals surface area contributed by atoms with Crippen LogP contribution in [0.1, 0.15) is 18.4 Å². The summed E-state index contributed by atoms with van der Waals surface area (Å²) in [5.74, 6) is 1.20. The van der Waals surface area contributed by atoms with E-state index < -0.39 is 9.84 Å². The van der Waals surface area contributed by atoms with Crippen molar-refractivity contribution in [2.45, 2.75) is 24.3 Å². The van der Waals surface area contributed by atoms with Crippen LogP contribution in [0, 0.1) is 5.92 Å². The van der Waals surface area contributed by atoms with Gasteiger partial charge in [-0.15, -0.1) is 0 Å². The van der Waals surface area contributed by atoms with E-state index in [4.69, 9.17) is 5.73 Å². The minimum absolute atomic E-state index is 0.334. The van der Waals surface area contributed by atoms with Crippen LogP contribution in [0.3, 0.4) is 0 Å². The second-order valence-electron chi connectivity index (χ2n) is 4.43. The van der Waals surface area contributed by atoms with E-state index in [0.717, 1.165) is 24.2 Å². The van der Waals surface area contributed by atoms with Gasteiger partial charge in [-0.3, -0.25) is 4.99 Å². The van der Waals surface area contributed by atoms with E-state index in [1.807, 2.05) is 0 Å². The molecule has 92 valence electrons. The highest BCUT2D eigenvalue weighted by molar-refractivity contribution is 7.90. The predicted molar refractivity (Wildman–Crippen MR) is 67.6 cm³/mol. The molecule has 0 saturated heterocycles. The van der Waals surface area contributed by atoms with Crippen LogP contribution in [0.4, 0.5) is 0 Å². The lowest BCUT2D eigenvalue weighted by molar-refractivity contribution is 0.602. The molecular formula is C12H16N2O2S. The second-order valence-corrected chi connectivity index (χ2v) is 6.45. The first kappa shape index (κ1) is 12.1. The molecule has 0 aliphatic heterocycles. The summed E-state index contributed by atoms with van der Waals surface area (Å²) in [4.78, 5) is 4.63. The van der Waals surface area contributed by atoms with E-state index >= 15 is 0 Å². The van der Waals surface area contributed by atoms with Crippen LogP contribution in [0.15, 0.2) is 34.2 Å². The maximum absolute atomic E-state index is 11.3. The number of nitrogens with zero attached hydrogens (tertiary/aromatic N) is 1. The first-order valence-corrected chi connectivity index (χ1v) is 7.45. The standard InChI is InChI=1S/C12H16N2O2S/c1-17(15,16)11-6-2-9(3-7-11)8-14-12(13)10-4-5-10/h2-3,6-7,10H,4-5,8H2,1H3,(H2,13,14). The lowest BCUT2D eigenvalue weighted by Crippen LogP contribution is -2.14. The van der Waals surface area contributed by atoms with Crippen molar-refractivity contribution in [3.8, 4) is 0 Å². The molecule has 0 aromatic heterocycles. The third-order valence-electron chi connectivity index (χ3n) is 2.79. The van der Waals surface area contributed by atoms with Gasteiger partial charge in [0.1, 0.15) is 0 Å². The van der Waals surface area contributed by atoms with Crippen molar-refractivity contribution in [2.24, 2.45) is 16.6 Å². The fourth-order valence-electron chi connectivity index (χ4n) is 1.53. The van der Waals surface area contributed by atoms with Crippen molar-refractivity contribution in [1.82, 2.24) is 0 Å². The fraction of sp³-hybridized carbons (Fsp3) is 0.417. The van der Waals surface area contributed by atoms with Gasteiger partial charge >= 0.3 is 0 Å². The average Bonchev–Trinajstić information content (AvgIpc) is 3.09.